The summed E-state index contributed by atoms with van der Waals surface area (Å²) in [6, 6.07) is 6.57. The van der Waals surface area contributed by atoms with E-state index in [9.17, 15) is 10.1 Å². The monoisotopic (exact) mass is 365 g/mol. The summed E-state index contributed by atoms with van der Waals surface area (Å²) in [5, 5.41) is 15.4. The molecule has 7 nitrogen and oxygen atoms in total. The molecule has 1 fully saturated rings. The van der Waals surface area contributed by atoms with E-state index in [1.165, 1.54) is 12.1 Å². The van der Waals surface area contributed by atoms with Gasteiger partial charge in [0, 0.05) is 49.6 Å². The van der Waals surface area contributed by atoms with E-state index in [1.807, 2.05) is 13.2 Å². The van der Waals surface area contributed by atoms with Crippen molar-refractivity contribution in [2.75, 3.05) is 19.6 Å². The lowest BCUT2D eigenvalue weighted by Gasteiger charge is -2.22. The molecule has 0 radical (unpaired) electrons. The van der Waals surface area contributed by atoms with Gasteiger partial charge in [0.2, 0.25) is 0 Å². The summed E-state index contributed by atoms with van der Waals surface area (Å²) < 4.78 is 1.80. The molecular formula is C17H24ClN5O2. The number of aromatic nitrogens is 2. The van der Waals surface area contributed by atoms with Gasteiger partial charge in [-0.25, -0.2) is 0 Å². The van der Waals surface area contributed by atoms with Crippen LogP contribution in [-0.4, -0.2) is 39.2 Å². The van der Waals surface area contributed by atoms with E-state index in [1.54, 1.807) is 16.8 Å². The fraction of sp³-hybridized carbons (Fsp3) is 0.471. The minimum absolute atomic E-state index is 0. The molecule has 0 amide bonds. The third kappa shape index (κ3) is 4.18. The van der Waals surface area contributed by atoms with Crippen LogP contribution in [0.4, 0.5) is 5.69 Å². The number of benzene rings is 1. The molecule has 2 heterocycles. The number of nitro benzene ring substituents is 1. The lowest BCUT2D eigenvalue weighted by Crippen LogP contribution is -2.31. The van der Waals surface area contributed by atoms with E-state index in [0.717, 1.165) is 42.9 Å². The van der Waals surface area contributed by atoms with Gasteiger partial charge in [-0.1, -0.05) is 6.92 Å². The number of nitrogens with zero attached hydrogens (tertiary/aromatic N) is 4. The van der Waals surface area contributed by atoms with Crippen molar-refractivity contribution in [3.8, 4) is 11.3 Å². The van der Waals surface area contributed by atoms with Crippen LogP contribution < -0.4 is 5.73 Å². The second kappa shape index (κ2) is 7.51. The predicted octanol–water partition coefficient (Wildman–Crippen LogP) is 2.59. The Hall–Kier alpha value is -1.96. The number of aryl methyl sites for hydroxylation is 1. The van der Waals surface area contributed by atoms with Crippen LogP contribution in [0.25, 0.3) is 11.3 Å². The maximum atomic E-state index is 10.8. The van der Waals surface area contributed by atoms with Crippen LogP contribution in [0, 0.1) is 15.5 Å². The SMILES string of the molecule is Cl.Cn1cc(CN2CCC(C)(CN)C2)c(-c2ccc([N+](=O)[O-])cc2)n1. The van der Waals surface area contributed by atoms with E-state index in [4.69, 9.17) is 5.73 Å². The van der Waals surface area contributed by atoms with Crippen molar-refractivity contribution in [3.05, 3.63) is 46.1 Å². The van der Waals surface area contributed by atoms with Gasteiger partial charge in [-0.2, -0.15) is 5.10 Å². The number of hydrogen-bond donors (Lipinski definition) is 1. The quantitative estimate of drug-likeness (QED) is 0.649. The number of likely N-dealkylation sites (tertiary alicyclic amines) is 1. The Kier molecular flexibility index (Phi) is 5.82. The summed E-state index contributed by atoms with van der Waals surface area (Å²) in [5.74, 6) is 0. The van der Waals surface area contributed by atoms with Gasteiger partial charge in [-0.3, -0.25) is 19.7 Å². The molecule has 0 spiro atoms. The number of rotatable bonds is 5. The molecule has 2 aromatic rings. The highest BCUT2D eigenvalue weighted by Crippen LogP contribution is 2.31. The van der Waals surface area contributed by atoms with Gasteiger partial charge in [0.1, 0.15) is 0 Å². The molecule has 25 heavy (non-hydrogen) atoms. The van der Waals surface area contributed by atoms with Crippen LogP contribution in [0.2, 0.25) is 0 Å². The molecule has 1 aliphatic heterocycles. The molecule has 2 N–H and O–H groups in total. The second-order valence-electron chi connectivity index (χ2n) is 6.96. The largest absolute Gasteiger partial charge is 0.330 e. The van der Waals surface area contributed by atoms with Crippen LogP contribution in [0.5, 0.6) is 0 Å². The van der Waals surface area contributed by atoms with E-state index < -0.39 is 0 Å². The van der Waals surface area contributed by atoms with Gasteiger partial charge >= 0.3 is 0 Å². The first kappa shape index (κ1) is 19.4. The van der Waals surface area contributed by atoms with Crippen molar-refractivity contribution < 1.29 is 4.92 Å². The van der Waals surface area contributed by atoms with Crippen LogP contribution >= 0.6 is 12.4 Å². The minimum atomic E-state index is -0.388. The molecule has 3 rings (SSSR count). The Morgan fingerprint density at radius 2 is 2.04 bits per heavy atom. The Morgan fingerprint density at radius 1 is 1.36 bits per heavy atom. The molecule has 1 saturated heterocycles. The van der Waals surface area contributed by atoms with Gasteiger partial charge < -0.3 is 5.73 Å². The molecule has 8 heteroatoms. The fourth-order valence-corrected chi connectivity index (χ4v) is 3.31. The Labute approximate surface area is 153 Å². The number of nitrogens with two attached hydrogens (primary N) is 1. The molecule has 0 aliphatic carbocycles. The summed E-state index contributed by atoms with van der Waals surface area (Å²) in [4.78, 5) is 12.8. The minimum Gasteiger partial charge on any atom is -0.330 e. The first-order valence-corrected chi connectivity index (χ1v) is 8.10. The molecule has 0 bridgehead atoms. The summed E-state index contributed by atoms with van der Waals surface area (Å²) in [7, 11) is 1.90. The third-order valence-corrected chi connectivity index (χ3v) is 4.78. The molecular weight excluding hydrogens is 342 g/mol. The average molecular weight is 366 g/mol. The number of hydrogen-bond acceptors (Lipinski definition) is 5. The number of nitro groups is 1. The van der Waals surface area contributed by atoms with E-state index >= 15 is 0 Å². The molecule has 1 aromatic heterocycles. The summed E-state index contributed by atoms with van der Waals surface area (Å²) in [5.41, 5.74) is 9.09. The molecule has 1 unspecified atom stereocenters. The average Bonchev–Trinajstić information content (AvgIpc) is 3.11. The Bertz CT molecular complexity index is 746. The Morgan fingerprint density at radius 3 is 2.60 bits per heavy atom. The summed E-state index contributed by atoms with van der Waals surface area (Å²) >= 11 is 0. The lowest BCUT2D eigenvalue weighted by molar-refractivity contribution is -0.384. The van der Waals surface area contributed by atoms with Crippen LogP contribution in [0.3, 0.4) is 0 Å². The van der Waals surface area contributed by atoms with Crippen molar-refractivity contribution in [1.82, 2.24) is 14.7 Å². The van der Waals surface area contributed by atoms with Gasteiger partial charge in [0.15, 0.2) is 0 Å². The van der Waals surface area contributed by atoms with E-state index in [-0.39, 0.29) is 28.4 Å². The van der Waals surface area contributed by atoms with E-state index in [2.05, 4.69) is 16.9 Å². The molecule has 1 aromatic carbocycles. The zero-order valence-electron chi connectivity index (χ0n) is 14.5. The van der Waals surface area contributed by atoms with Crippen LogP contribution in [0.15, 0.2) is 30.5 Å². The lowest BCUT2D eigenvalue weighted by atomic mass is 9.90. The zero-order valence-corrected chi connectivity index (χ0v) is 15.3. The number of non-ortho nitro benzene ring substituents is 1. The van der Waals surface area contributed by atoms with Gasteiger partial charge in [-0.15, -0.1) is 12.4 Å². The van der Waals surface area contributed by atoms with Crippen molar-refractivity contribution in [1.29, 1.82) is 0 Å². The van der Waals surface area contributed by atoms with Crippen LogP contribution in [0.1, 0.15) is 18.9 Å². The Balaban J connectivity index is 0.00000225. The maximum Gasteiger partial charge on any atom is 0.269 e. The highest BCUT2D eigenvalue weighted by atomic mass is 35.5. The summed E-state index contributed by atoms with van der Waals surface area (Å²) in [6.07, 6.45) is 3.13. The normalized spacial score (nSPS) is 20.4. The van der Waals surface area contributed by atoms with Crippen molar-refractivity contribution in [3.63, 3.8) is 0 Å². The second-order valence-corrected chi connectivity index (χ2v) is 6.96. The topological polar surface area (TPSA) is 90.2 Å². The van der Waals surface area contributed by atoms with Gasteiger partial charge in [0.25, 0.3) is 5.69 Å². The van der Waals surface area contributed by atoms with Crippen molar-refractivity contribution in [2.45, 2.75) is 19.9 Å². The first-order chi connectivity index (χ1) is 11.4. The maximum absolute atomic E-state index is 10.8. The molecule has 1 atom stereocenters. The molecule has 0 saturated carbocycles. The van der Waals surface area contributed by atoms with Gasteiger partial charge in [-0.05, 0) is 37.1 Å². The van der Waals surface area contributed by atoms with Gasteiger partial charge in [0.05, 0.1) is 10.6 Å². The predicted molar refractivity (Wildman–Crippen MR) is 99.6 cm³/mol. The highest BCUT2D eigenvalue weighted by molar-refractivity contribution is 5.85. The van der Waals surface area contributed by atoms with Crippen molar-refractivity contribution >= 4 is 18.1 Å². The zero-order chi connectivity index (χ0) is 17.3. The molecule has 1 aliphatic rings. The van der Waals surface area contributed by atoms with Crippen molar-refractivity contribution in [2.24, 2.45) is 18.2 Å². The molecule has 136 valence electrons. The first-order valence-electron chi connectivity index (χ1n) is 8.10. The fourth-order valence-electron chi connectivity index (χ4n) is 3.31. The third-order valence-electron chi connectivity index (χ3n) is 4.78. The number of halogens is 1. The smallest absolute Gasteiger partial charge is 0.269 e. The summed E-state index contributed by atoms with van der Waals surface area (Å²) in [6.45, 7) is 5.76. The highest BCUT2D eigenvalue weighted by Gasteiger charge is 2.32. The standard InChI is InChI=1S/C17H23N5O2.ClH/c1-17(11-18)7-8-21(12-17)10-14-9-20(2)19-16(14)13-3-5-15(6-4-13)22(23)24;/h3-6,9H,7-8,10-12,18H2,1-2H3;1H. The van der Waals surface area contributed by atoms with E-state index in [0.29, 0.717) is 6.54 Å². The van der Waals surface area contributed by atoms with Crippen LogP contribution in [-0.2, 0) is 13.6 Å².